The first-order chi connectivity index (χ1) is 19.2. The summed E-state index contributed by atoms with van der Waals surface area (Å²) in [5.41, 5.74) is 5.68. The third-order valence-electron chi connectivity index (χ3n) is 6.87. The van der Waals surface area contributed by atoms with Gasteiger partial charge in [-0.1, -0.05) is 84.9 Å². The third-order valence-corrected chi connectivity index (χ3v) is 9.27. The van der Waals surface area contributed by atoms with Gasteiger partial charge in [0.25, 0.3) is 0 Å². The highest BCUT2D eigenvalue weighted by Gasteiger charge is 2.19. The molecule has 8 rings (SSSR count). The molecule has 0 bridgehead atoms. The van der Waals surface area contributed by atoms with E-state index in [1.807, 2.05) is 30.3 Å². The number of nitrogens with zero attached hydrogens (tertiary/aromatic N) is 4. The van der Waals surface area contributed by atoms with Gasteiger partial charge >= 0.3 is 0 Å². The van der Waals surface area contributed by atoms with Crippen LogP contribution in [0.3, 0.4) is 0 Å². The molecule has 184 valence electrons. The van der Waals surface area contributed by atoms with Crippen molar-refractivity contribution in [2.24, 2.45) is 0 Å². The van der Waals surface area contributed by atoms with E-state index in [0.29, 0.717) is 5.82 Å². The van der Waals surface area contributed by atoms with E-state index in [1.54, 1.807) is 22.7 Å². The maximum Gasteiger partial charge on any atom is 0.224 e. The van der Waals surface area contributed by atoms with Crippen LogP contribution in [0.15, 0.2) is 103 Å². The minimum Gasteiger partial charge on any atom is -0.226 e. The standard InChI is InChI=1S/C32H17ClN4S2/c33-32-36-26(25-21-13-4-6-15-23(21)39-31(25)37-32)19-11-8-12-20(17-19)27-29-28(22-14-5-7-16-24(22)38-29)35-30(34-27)18-9-2-1-3-10-18/h1-17H. The van der Waals surface area contributed by atoms with Gasteiger partial charge in [-0.15, -0.1) is 22.7 Å². The van der Waals surface area contributed by atoms with E-state index in [4.69, 9.17) is 26.6 Å². The van der Waals surface area contributed by atoms with Crippen molar-refractivity contribution in [2.45, 2.75) is 0 Å². The van der Waals surface area contributed by atoms with Crippen LogP contribution in [0.4, 0.5) is 0 Å². The second-order valence-electron chi connectivity index (χ2n) is 9.24. The zero-order valence-corrected chi connectivity index (χ0v) is 22.7. The van der Waals surface area contributed by atoms with Gasteiger partial charge < -0.3 is 0 Å². The fraction of sp³-hybridized carbons (Fsp3) is 0. The van der Waals surface area contributed by atoms with Gasteiger partial charge in [0.05, 0.1) is 21.6 Å². The van der Waals surface area contributed by atoms with Crippen LogP contribution in [0, 0.1) is 0 Å². The van der Waals surface area contributed by atoms with E-state index in [9.17, 15) is 0 Å². The lowest BCUT2D eigenvalue weighted by molar-refractivity contribution is 1.23. The Morgan fingerprint density at radius 1 is 0.538 bits per heavy atom. The number of halogens is 1. The van der Waals surface area contributed by atoms with Gasteiger partial charge in [0, 0.05) is 42.2 Å². The molecule has 0 aliphatic carbocycles. The van der Waals surface area contributed by atoms with Crippen LogP contribution in [0.1, 0.15) is 0 Å². The highest BCUT2D eigenvalue weighted by Crippen LogP contribution is 2.42. The number of thiophene rings is 2. The van der Waals surface area contributed by atoms with Crippen LogP contribution in [-0.2, 0) is 0 Å². The van der Waals surface area contributed by atoms with Crippen molar-refractivity contribution in [1.82, 2.24) is 19.9 Å². The summed E-state index contributed by atoms with van der Waals surface area (Å²) >= 11 is 9.80. The Morgan fingerprint density at radius 3 is 2.03 bits per heavy atom. The van der Waals surface area contributed by atoms with E-state index in [-0.39, 0.29) is 5.28 Å². The molecule has 0 fully saturated rings. The molecule has 4 aromatic heterocycles. The topological polar surface area (TPSA) is 51.6 Å². The highest BCUT2D eigenvalue weighted by atomic mass is 35.5. The first-order valence-corrected chi connectivity index (χ1v) is 14.4. The predicted octanol–water partition coefficient (Wildman–Crippen LogP) is 9.66. The van der Waals surface area contributed by atoms with Crippen molar-refractivity contribution in [1.29, 1.82) is 0 Å². The van der Waals surface area contributed by atoms with Gasteiger partial charge in [-0.05, 0) is 29.8 Å². The second-order valence-corrected chi connectivity index (χ2v) is 11.7. The molecule has 4 nitrogen and oxygen atoms in total. The fourth-order valence-corrected chi connectivity index (χ4v) is 7.57. The van der Waals surface area contributed by atoms with Crippen LogP contribution in [0.25, 0.3) is 74.5 Å². The molecule has 0 amide bonds. The molecule has 0 saturated heterocycles. The van der Waals surface area contributed by atoms with Crippen LogP contribution < -0.4 is 0 Å². The van der Waals surface area contributed by atoms with Gasteiger partial charge in [0.15, 0.2) is 5.82 Å². The van der Waals surface area contributed by atoms with Crippen molar-refractivity contribution in [3.63, 3.8) is 0 Å². The molecule has 0 unspecified atom stereocenters. The molecule has 0 N–H and O–H groups in total. The average molecular weight is 557 g/mol. The van der Waals surface area contributed by atoms with E-state index >= 15 is 0 Å². The number of benzene rings is 4. The Bertz CT molecular complexity index is 2200. The summed E-state index contributed by atoms with van der Waals surface area (Å²) in [6.07, 6.45) is 0. The summed E-state index contributed by atoms with van der Waals surface area (Å²) in [4.78, 5) is 20.3. The lowest BCUT2D eigenvalue weighted by Gasteiger charge is -2.10. The lowest BCUT2D eigenvalue weighted by Crippen LogP contribution is -1.94. The molecular weight excluding hydrogens is 540 g/mol. The van der Waals surface area contributed by atoms with Crippen molar-refractivity contribution in [2.75, 3.05) is 0 Å². The molecule has 0 atom stereocenters. The van der Waals surface area contributed by atoms with E-state index in [1.165, 1.54) is 4.70 Å². The molecule has 4 aromatic carbocycles. The molecule has 0 spiro atoms. The molecular formula is C32H17ClN4S2. The van der Waals surface area contributed by atoms with Crippen LogP contribution in [-0.4, -0.2) is 19.9 Å². The van der Waals surface area contributed by atoms with Crippen molar-refractivity contribution < 1.29 is 0 Å². The zero-order chi connectivity index (χ0) is 25.9. The SMILES string of the molecule is Clc1nc(-c2cccc(-c3nc(-c4ccccc4)nc4c3sc3ccccc34)c2)c2c(n1)sc1ccccc12. The first-order valence-electron chi connectivity index (χ1n) is 12.4. The minimum absolute atomic E-state index is 0.245. The predicted molar refractivity (Wildman–Crippen MR) is 165 cm³/mol. The van der Waals surface area contributed by atoms with Gasteiger partial charge in [0.1, 0.15) is 4.83 Å². The van der Waals surface area contributed by atoms with Crippen LogP contribution >= 0.6 is 34.3 Å². The minimum atomic E-state index is 0.245. The normalized spacial score (nSPS) is 11.7. The first kappa shape index (κ1) is 22.7. The fourth-order valence-electron chi connectivity index (χ4n) is 5.12. The number of aromatic nitrogens is 4. The lowest BCUT2D eigenvalue weighted by atomic mass is 10.0. The quantitative estimate of drug-likeness (QED) is 0.203. The van der Waals surface area contributed by atoms with Crippen molar-refractivity contribution in [3.05, 3.63) is 108 Å². The maximum atomic E-state index is 6.44. The van der Waals surface area contributed by atoms with E-state index in [0.717, 1.165) is 64.0 Å². The zero-order valence-electron chi connectivity index (χ0n) is 20.3. The largest absolute Gasteiger partial charge is 0.226 e. The Balaban J connectivity index is 1.40. The molecule has 7 heteroatoms. The van der Waals surface area contributed by atoms with Crippen LogP contribution in [0.5, 0.6) is 0 Å². The molecule has 0 aliphatic rings. The number of rotatable bonds is 3. The number of hydrogen-bond acceptors (Lipinski definition) is 6. The number of fused-ring (bicyclic) bond motifs is 6. The van der Waals surface area contributed by atoms with Crippen molar-refractivity contribution >= 4 is 74.9 Å². The maximum absolute atomic E-state index is 6.44. The number of hydrogen-bond donors (Lipinski definition) is 0. The van der Waals surface area contributed by atoms with Crippen molar-refractivity contribution in [3.8, 4) is 33.9 Å². The summed E-state index contributed by atoms with van der Waals surface area (Å²) in [7, 11) is 0. The monoisotopic (exact) mass is 556 g/mol. The van der Waals surface area contributed by atoms with Gasteiger partial charge in [-0.25, -0.2) is 19.9 Å². The summed E-state index contributed by atoms with van der Waals surface area (Å²) in [5.74, 6) is 0.711. The summed E-state index contributed by atoms with van der Waals surface area (Å²) in [6.45, 7) is 0. The van der Waals surface area contributed by atoms with Gasteiger partial charge in [-0.2, -0.15) is 0 Å². The summed E-state index contributed by atoms with van der Waals surface area (Å²) in [5, 5.41) is 3.55. The molecule has 4 heterocycles. The smallest absolute Gasteiger partial charge is 0.224 e. The average Bonchev–Trinajstić information content (AvgIpc) is 3.55. The highest BCUT2D eigenvalue weighted by molar-refractivity contribution is 7.26. The Morgan fingerprint density at radius 2 is 1.21 bits per heavy atom. The Labute approximate surface area is 236 Å². The van der Waals surface area contributed by atoms with Gasteiger partial charge in [-0.3, -0.25) is 0 Å². The van der Waals surface area contributed by atoms with E-state index < -0.39 is 0 Å². The Hall–Kier alpha value is -4.23. The summed E-state index contributed by atoms with van der Waals surface area (Å²) in [6, 6.07) is 35.3. The molecule has 0 saturated carbocycles. The molecule has 39 heavy (non-hydrogen) atoms. The second kappa shape index (κ2) is 8.92. The third kappa shape index (κ3) is 3.72. The Kier molecular flexibility index (Phi) is 5.20. The molecule has 8 aromatic rings. The molecule has 0 radical (unpaired) electrons. The van der Waals surface area contributed by atoms with Gasteiger partial charge in [0.2, 0.25) is 5.28 Å². The molecule has 0 aliphatic heterocycles. The summed E-state index contributed by atoms with van der Waals surface area (Å²) < 4.78 is 3.43. The van der Waals surface area contributed by atoms with Crippen LogP contribution in [0.2, 0.25) is 5.28 Å². The van der Waals surface area contributed by atoms with E-state index in [2.05, 4.69) is 77.8 Å².